The summed E-state index contributed by atoms with van der Waals surface area (Å²) in [7, 11) is 1.90. The van der Waals surface area contributed by atoms with Gasteiger partial charge in [0.25, 0.3) is 0 Å². The number of rotatable bonds is 6. The zero-order valence-corrected chi connectivity index (χ0v) is 12.4. The van der Waals surface area contributed by atoms with Crippen LogP contribution in [0.25, 0.3) is 0 Å². The van der Waals surface area contributed by atoms with Gasteiger partial charge in [0.1, 0.15) is 11.6 Å². The predicted octanol–water partition coefficient (Wildman–Crippen LogP) is 3.24. The van der Waals surface area contributed by atoms with E-state index < -0.39 is 0 Å². The Kier molecular flexibility index (Phi) is 4.90. The lowest BCUT2D eigenvalue weighted by molar-refractivity contribution is 0.537. The molecule has 0 saturated heterocycles. The Hall–Kier alpha value is -1.68. The Labute approximate surface area is 119 Å². The summed E-state index contributed by atoms with van der Waals surface area (Å²) in [6.45, 7) is 4.89. The van der Waals surface area contributed by atoms with Crippen LogP contribution in [0.3, 0.4) is 0 Å². The molecule has 0 spiro atoms. The first-order chi connectivity index (χ1) is 9.65. The monoisotopic (exact) mass is 275 g/mol. The molecule has 1 heterocycles. The van der Waals surface area contributed by atoms with Gasteiger partial charge in [0.2, 0.25) is 0 Å². The number of hydrogen-bond donors (Lipinski definition) is 1. The topological polar surface area (TPSA) is 29.9 Å². The van der Waals surface area contributed by atoms with E-state index in [1.165, 1.54) is 0 Å². The van der Waals surface area contributed by atoms with E-state index in [4.69, 9.17) is 0 Å². The maximum Gasteiger partial charge on any atom is 0.126 e. The summed E-state index contributed by atoms with van der Waals surface area (Å²) in [4.78, 5) is 4.42. The summed E-state index contributed by atoms with van der Waals surface area (Å²) >= 11 is 0. The highest BCUT2D eigenvalue weighted by Gasteiger charge is 2.14. The molecule has 0 aliphatic rings. The average Bonchev–Trinajstić information content (AvgIpc) is 2.87. The molecule has 1 N–H and O–H groups in total. The van der Waals surface area contributed by atoms with Crippen molar-refractivity contribution in [2.24, 2.45) is 0 Å². The van der Waals surface area contributed by atoms with Crippen molar-refractivity contribution in [2.45, 2.75) is 39.3 Å². The smallest absolute Gasteiger partial charge is 0.126 e. The van der Waals surface area contributed by atoms with E-state index in [2.05, 4.69) is 21.8 Å². The van der Waals surface area contributed by atoms with Gasteiger partial charge in [0.05, 0.1) is 0 Å². The van der Waals surface area contributed by atoms with Crippen molar-refractivity contribution >= 4 is 0 Å². The number of likely N-dealkylation sites (N-methyl/N-ethyl adjacent to an activating group) is 1. The van der Waals surface area contributed by atoms with E-state index in [1.54, 1.807) is 13.0 Å². The Balaban J connectivity index is 2.19. The second-order valence-electron chi connectivity index (χ2n) is 5.09. The molecule has 3 nitrogen and oxygen atoms in total. The van der Waals surface area contributed by atoms with Crippen LogP contribution in [-0.2, 0) is 13.0 Å². The number of aromatic nitrogens is 2. The number of aryl methyl sites for hydroxylation is 2. The number of hydrogen-bond acceptors (Lipinski definition) is 2. The number of halogens is 1. The lowest BCUT2D eigenvalue weighted by Crippen LogP contribution is -2.21. The normalized spacial score (nSPS) is 12.6. The maximum atomic E-state index is 13.7. The fraction of sp³-hybridized carbons (Fsp3) is 0.438. The van der Waals surface area contributed by atoms with Gasteiger partial charge in [-0.2, -0.15) is 0 Å². The molecule has 0 fully saturated rings. The third kappa shape index (κ3) is 3.25. The molecule has 1 atom stereocenters. The third-order valence-corrected chi connectivity index (χ3v) is 3.60. The van der Waals surface area contributed by atoms with Crippen LogP contribution >= 0.6 is 0 Å². The van der Waals surface area contributed by atoms with Crippen LogP contribution in [0.15, 0.2) is 30.6 Å². The second-order valence-corrected chi connectivity index (χ2v) is 5.09. The van der Waals surface area contributed by atoms with E-state index in [-0.39, 0.29) is 11.9 Å². The first-order valence-corrected chi connectivity index (χ1v) is 7.09. The summed E-state index contributed by atoms with van der Waals surface area (Å²) in [5.74, 6) is 0.881. The number of nitrogens with zero attached hydrogens (tertiary/aromatic N) is 2. The van der Waals surface area contributed by atoms with Crippen molar-refractivity contribution in [1.82, 2.24) is 14.9 Å². The van der Waals surface area contributed by atoms with Gasteiger partial charge in [0, 0.05) is 31.4 Å². The number of nitrogens with one attached hydrogen (secondary N) is 1. The SMILES string of the molecule is CCCn1ccnc1CC(NC)c1ccc(C)c(F)c1. The van der Waals surface area contributed by atoms with Crippen LogP contribution in [0.4, 0.5) is 4.39 Å². The van der Waals surface area contributed by atoms with Gasteiger partial charge in [0.15, 0.2) is 0 Å². The molecule has 1 unspecified atom stereocenters. The van der Waals surface area contributed by atoms with Crippen LogP contribution in [-0.4, -0.2) is 16.6 Å². The quantitative estimate of drug-likeness (QED) is 0.877. The molecule has 0 aliphatic carbocycles. The summed E-state index contributed by atoms with van der Waals surface area (Å²) in [5, 5.41) is 3.25. The highest BCUT2D eigenvalue weighted by atomic mass is 19.1. The summed E-state index contributed by atoms with van der Waals surface area (Å²) < 4.78 is 15.9. The first kappa shape index (κ1) is 14.7. The average molecular weight is 275 g/mol. The lowest BCUT2D eigenvalue weighted by Gasteiger charge is -2.17. The van der Waals surface area contributed by atoms with E-state index >= 15 is 0 Å². The van der Waals surface area contributed by atoms with Crippen molar-refractivity contribution in [3.05, 3.63) is 53.4 Å². The van der Waals surface area contributed by atoms with E-state index in [9.17, 15) is 4.39 Å². The van der Waals surface area contributed by atoms with Gasteiger partial charge in [-0.25, -0.2) is 9.37 Å². The minimum atomic E-state index is -0.153. The van der Waals surface area contributed by atoms with Gasteiger partial charge in [-0.05, 0) is 37.6 Å². The molecular weight excluding hydrogens is 253 g/mol. The molecule has 108 valence electrons. The van der Waals surface area contributed by atoms with Crippen LogP contribution in [0, 0.1) is 12.7 Å². The minimum absolute atomic E-state index is 0.0723. The molecule has 2 aromatic rings. The van der Waals surface area contributed by atoms with E-state index in [1.807, 2.05) is 31.6 Å². The lowest BCUT2D eigenvalue weighted by atomic mass is 10.0. The van der Waals surface area contributed by atoms with Gasteiger partial charge < -0.3 is 9.88 Å². The molecular formula is C16H22FN3. The van der Waals surface area contributed by atoms with Crippen molar-refractivity contribution in [3.8, 4) is 0 Å². The zero-order valence-electron chi connectivity index (χ0n) is 12.4. The molecule has 20 heavy (non-hydrogen) atoms. The molecule has 4 heteroatoms. The molecule has 0 aliphatic heterocycles. The Bertz CT molecular complexity index is 563. The number of imidazole rings is 1. The molecule has 0 amide bonds. The molecule has 2 rings (SSSR count). The van der Waals surface area contributed by atoms with Crippen molar-refractivity contribution in [2.75, 3.05) is 7.05 Å². The Morgan fingerprint density at radius 3 is 2.85 bits per heavy atom. The fourth-order valence-corrected chi connectivity index (χ4v) is 2.37. The van der Waals surface area contributed by atoms with Gasteiger partial charge in [-0.15, -0.1) is 0 Å². The number of benzene rings is 1. The standard InChI is InChI=1S/C16H22FN3/c1-4-8-20-9-7-19-16(20)11-15(18-3)13-6-5-12(2)14(17)10-13/h5-7,9-10,15,18H,4,8,11H2,1-3H3. The minimum Gasteiger partial charge on any atom is -0.335 e. The zero-order chi connectivity index (χ0) is 14.5. The molecule has 0 radical (unpaired) electrons. The summed E-state index contributed by atoms with van der Waals surface area (Å²) in [6, 6.07) is 5.49. The van der Waals surface area contributed by atoms with Gasteiger partial charge >= 0.3 is 0 Å². The Morgan fingerprint density at radius 1 is 1.40 bits per heavy atom. The van der Waals surface area contributed by atoms with Crippen LogP contribution in [0.5, 0.6) is 0 Å². The van der Waals surface area contributed by atoms with Crippen LogP contribution in [0.2, 0.25) is 0 Å². The first-order valence-electron chi connectivity index (χ1n) is 7.09. The van der Waals surface area contributed by atoms with Gasteiger partial charge in [-0.1, -0.05) is 19.1 Å². The molecule has 0 saturated carbocycles. The third-order valence-electron chi connectivity index (χ3n) is 3.60. The molecule has 1 aromatic heterocycles. The van der Waals surface area contributed by atoms with Crippen molar-refractivity contribution in [1.29, 1.82) is 0 Å². The van der Waals surface area contributed by atoms with E-state index in [0.717, 1.165) is 30.8 Å². The highest BCUT2D eigenvalue weighted by molar-refractivity contribution is 5.26. The Morgan fingerprint density at radius 2 is 2.20 bits per heavy atom. The fourth-order valence-electron chi connectivity index (χ4n) is 2.37. The molecule has 0 bridgehead atoms. The molecule has 1 aromatic carbocycles. The van der Waals surface area contributed by atoms with Crippen LogP contribution in [0.1, 0.15) is 36.3 Å². The summed E-state index contributed by atoms with van der Waals surface area (Å²) in [6.07, 6.45) is 5.66. The van der Waals surface area contributed by atoms with Gasteiger partial charge in [-0.3, -0.25) is 0 Å². The van der Waals surface area contributed by atoms with Crippen LogP contribution < -0.4 is 5.32 Å². The predicted molar refractivity (Wildman–Crippen MR) is 79.2 cm³/mol. The largest absolute Gasteiger partial charge is 0.335 e. The maximum absolute atomic E-state index is 13.7. The van der Waals surface area contributed by atoms with Crippen molar-refractivity contribution in [3.63, 3.8) is 0 Å². The van der Waals surface area contributed by atoms with Crippen molar-refractivity contribution < 1.29 is 4.39 Å². The highest BCUT2D eigenvalue weighted by Crippen LogP contribution is 2.20. The second kappa shape index (κ2) is 6.66. The summed E-state index contributed by atoms with van der Waals surface area (Å²) in [5.41, 5.74) is 1.64. The van der Waals surface area contributed by atoms with E-state index in [0.29, 0.717) is 5.56 Å².